The zero-order chi connectivity index (χ0) is 16.8. The van der Waals surface area contributed by atoms with Crippen molar-refractivity contribution in [2.45, 2.75) is 25.9 Å². The number of H-pyrrole nitrogens is 1. The van der Waals surface area contributed by atoms with Crippen LogP contribution in [-0.4, -0.2) is 58.8 Å². The highest BCUT2D eigenvalue weighted by Crippen LogP contribution is 2.18. The molecule has 1 aliphatic rings. The first-order valence-electron chi connectivity index (χ1n) is 8.27. The Labute approximate surface area is 145 Å². The Morgan fingerprint density at radius 2 is 2.50 bits per heavy atom. The van der Waals surface area contributed by atoms with Gasteiger partial charge >= 0.3 is 0 Å². The van der Waals surface area contributed by atoms with E-state index in [1.807, 2.05) is 6.92 Å². The van der Waals surface area contributed by atoms with Crippen molar-refractivity contribution in [2.24, 2.45) is 0 Å². The molecule has 0 bridgehead atoms. The quantitative estimate of drug-likeness (QED) is 0.784. The van der Waals surface area contributed by atoms with E-state index in [9.17, 15) is 4.79 Å². The summed E-state index contributed by atoms with van der Waals surface area (Å²) >= 11 is 1.68. The number of rotatable bonds is 7. The predicted octanol–water partition coefficient (Wildman–Crippen LogP) is 1.16. The Hall–Kier alpha value is -1.77. The summed E-state index contributed by atoms with van der Waals surface area (Å²) in [4.78, 5) is 18.6. The third-order valence-electron chi connectivity index (χ3n) is 4.01. The summed E-state index contributed by atoms with van der Waals surface area (Å²) in [7, 11) is 0. The Bertz CT molecular complexity index is 643. The average Bonchev–Trinajstić information content (AvgIpc) is 3.26. The normalized spacial score (nSPS) is 18.6. The molecule has 0 radical (unpaired) electrons. The molecule has 7 nitrogen and oxygen atoms in total. The first-order chi connectivity index (χ1) is 11.7. The predicted molar refractivity (Wildman–Crippen MR) is 91.9 cm³/mol. The minimum absolute atomic E-state index is 0.0510. The average molecular weight is 349 g/mol. The molecule has 0 unspecified atom stereocenters. The van der Waals surface area contributed by atoms with E-state index in [4.69, 9.17) is 4.74 Å². The maximum Gasteiger partial charge on any atom is 0.234 e. The zero-order valence-corrected chi connectivity index (χ0v) is 14.6. The molecule has 24 heavy (non-hydrogen) atoms. The number of amides is 1. The monoisotopic (exact) mass is 349 g/mol. The summed E-state index contributed by atoms with van der Waals surface area (Å²) in [6.45, 7) is 5.05. The molecule has 0 spiro atoms. The number of aromatic amines is 1. The molecule has 1 atom stereocenters. The van der Waals surface area contributed by atoms with Crippen molar-refractivity contribution < 1.29 is 9.53 Å². The zero-order valence-electron chi connectivity index (χ0n) is 13.8. The van der Waals surface area contributed by atoms with Crippen molar-refractivity contribution >= 4 is 17.2 Å². The van der Waals surface area contributed by atoms with Gasteiger partial charge in [-0.25, -0.2) is 4.98 Å². The van der Waals surface area contributed by atoms with Gasteiger partial charge in [-0.3, -0.25) is 14.8 Å². The van der Waals surface area contributed by atoms with E-state index in [1.165, 1.54) is 5.56 Å². The lowest BCUT2D eigenvalue weighted by molar-refractivity contribution is -0.124. The van der Waals surface area contributed by atoms with Crippen molar-refractivity contribution in [1.29, 1.82) is 0 Å². The first kappa shape index (κ1) is 17.1. The molecule has 1 saturated heterocycles. The molecular weight excluding hydrogens is 326 g/mol. The number of ether oxygens (including phenoxy) is 1. The Kier molecular flexibility index (Phi) is 5.95. The van der Waals surface area contributed by atoms with E-state index in [0.29, 0.717) is 32.1 Å². The maximum atomic E-state index is 12.1. The van der Waals surface area contributed by atoms with Crippen molar-refractivity contribution in [3.8, 4) is 0 Å². The molecular formula is C16H23N5O2S. The van der Waals surface area contributed by atoms with E-state index in [0.717, 1.165) is 25.2 Å². The van der Waals surface area contributed by atoms with Gasteiger partial charge in [0.05, 0.1) is 13.2 Å². The molecule has 0 saturated carbocycles. The number of morpholine rings is 1. The summed E-state index contributed by atoms with van der Waals surface area (Å²) in [5.74, 6) is 1.58. The van der Waals surface area contributed by atoms with Gasteiger partial charge in [0, 0.05) is 26.1 Å². The Balaban J connectivity index is 1.43. The third-order valence-corrected chi connectivity index (χ3v) is 4.74. The van der Waals surface area contributed by atoms with E-state index in [1.54, 1.807) is 11.3 Å². The highest BCUT2D eigenvalue weighted by Gasteiger charge is 2.26. The fourth-order valence-corrected chi connectivity index (χ4v) is 3.36. The minimum atomic E-state index is -0.172. The van der Waals surface area contributed by atoms with Crippen LogP contribution in [0.3, 0.4) is 0 Å². The highest BCUT2D eigenvalue weighted by atomic mass is 32.1. The van der Waals surface area contributed by atoms with Crippen LogP contribution >= 0.6 is 11.3 Å². The summed E-state index contributed by atoms with van der Waals surface area (Å²) in [5.41, 5.74) is 1.27. The molecule has 0 aliphatic carbocycles. The van der Waals surface area contributed by atoms with Crippen LogP contribution in [0, 0.1) is 0 Å². The van der Waals surface area contributed by atoms with E-state index in [2.05, 4.69) is 42.2 Å². The van der Waals surface area contributed by atoms with Crippen LogP contribution in [0.4, 0.5) is 0 Å². The molecule has 2 N–H and O–H groups in total. The lowest BCUT2D eigenvalue weighted by Crippen LogP contribution is -2.44. The Morgan fingerprint density at radius 3 is 3.25 bits per heavy atom. The molecule has 0 aromatic carbocycles. The molecule has 3 heterocycles. The summed E-state index contributed by atoms with van der Waals surface area (Å²) in [6, 6.07) is 2.09. The van der Waals surface area contributed by atoms with E-state index in [-0.39, 0.29) is 12.0 Å². The summed E-state index contributed by atoms with van der Waals surface area (Å²) in [6.07, 6.45) is 1.52. The van der Waals surface area contributed by atoms with Gasteiger partial charge in [0.2, 0.25) is 5.91 Å². The van der Waals surface area contributed by atoms with Crippen molar-refractivity contribution in [3.05, 3.63) is 34.0 Å². The standard InChI is InChI=1S/C16H23N5O2S/c1-2-14-18-16(20-19-14)13-9-21(6-7-23-13)10-15(22)17-5-3-12-4-8-24-11-12/h4,8,11,13H,2-3,5-7,9-10H2,1H3,(H,17,22)(H,18,19,20)/t13-/m0/s1. The lowest BCUT2D eigenvalue weighted by Gasteiger charge is -2.30. The number of carbonyl (C=O) groups excluding carboxylic acids is 1. The van der Waals surface area contributed by atoms with Gasteiger partial charge in [-0.2, -0.15) is 16.4 Å². The number of hydrogen-bond acceptors (Lipinski definition) is 6. The summed E-state index contributed by atoms with van der Waals surface area (Å²) in [5, 5.41) is 14.3. The largest absolute Gasteiger partial charge is 0.367 e. The molecule has 1 fully saturated rings. The van der Waals surface area contributed by atoms with Gasteiger partial charge in [0.15, 0.2) is 5.82 Å². The van der Waals surface area contributed by atoms with Crippen LogP contribution in [0.5, 0.6) is 0 Å². The van der Waals surface area contributed by atoms with Gasteiger partial charge in [-0.1, -0.05) is 6.92 Å². The van der Waals surface area contributed by atoms with Crippen molar-refractivity contribution in [2.75, 3.05) is 32.8 Å². The van der Waals surface area contributed by atoms with Crippen LogP contribution in [0.2, 0.25) is 0 Å². The summed E-state index contributed by atoms with van der Waals surface area (Å²) < 4.78 is 5.75. The topological polar surface area (TPSA) is 83.1 Å². The fraction of sp³-hybridized carbons (Fsp3) is 0.562. The number of hydrogen-bond donors (Lipinski definition) is 2. The molecule has 2 aromatic heterocycles. The lowest BCUT2D eigenvalue weighted by atomic mass is 10.2. The number of aryl methyl sites for hydroxylation is 1. The van der Waals surface area contributed by atoms with Gasteiger partial charge in [0.25, 0.3) is 0 Å². The van der Waals surface area contributed by atoms with Crippen LogP contribution in [0.1, 0.15) is 30.2 Å². The number of nitrogens with zero attached hydrogens (tertiary/aromatic N) is 3. The third kappa shape index (κ3) is 4.62. The molecule has 1 amide bonds. The van der Waals surface area contributed by atoms with Gasteiger partial charge in [-0.05, 0) is 28.8 Å². The maximum absolute atomic E-state index is 12.1. The highest BCUT2D eigenvalue weighted by molar-refractivity contribution is 7.07. The van der Waals surface area contributed by atoms with Crippen molar-refractivity contribution in [3.63, 3.8) is 0 Å². The number of thiophene rings is 1. The van der Waals surface area contributed by atoms with Gasteiger partial charge < -0.3 is 10.1 Å². The number of carbonyl (C=O) groups is 1. The molecule has 2 aromatic rings. The van der Waals surface area contributed by atoms with Crippen LogP contribution in [-0.2, 0) is 22.4 Å². The fourth-order valence-electron chi connectivity index (χ4n) is 2.65. The minimum Gasteiger partial charge on any atom is -0.367 e. The smallest absolute Gasteiger partial charge is 0.234 e. The number of aromatic nitrogens is 3. The molecule has 8 heteroatoms. The van der Waals surface area contributed by atoms with E-state index < -0.39 is 0 Å². The molecule has 1 aliphatic heterocycles. The second-order valence-electron chi connectivity index (χ2n) is 5.82. The van der Waals surface area contributed by atoms with Crippen LogP contribution < -0.4 is 5.32 Å². The van der Waals surface area contributed by atoms with Crippen molar-refractivity contribution in [1.82, 2.24) is 25.4 Å². The second kappa shape index (κ2) is 8.36. The van der Waals surface area contributed by atoms with E-state index >= 15 is 0 Å². The molecule has 130 valence electrons. The molecule has 3 rings (SSSR count). The second-order valence-corrected chi connectivity index (χ2v) is 6.60. The SMILES string of the molecule is CCc1nc([C@@H]2CN(CC(=O)NCCc3ccsc3)CCO2)n[nH]1. The van der Waals surface area contributed by atoms with Gasteiger partial charge in [0.1, 0.15) is 11.9 Å². The Morgan fingerprint density at radius 1 is 1.58 bits per heavy atom. The number of nitrogens with one attached hydrogen (secondary N) is 2. The van der Waals surface area contributed by atoms with Crippen LogP contribution in [0.25, 0.3) is 0 Å². The van der Waals surface area contributed by atoms with Crippen LogP contribution in [0.15, 0.2) is 16.8 Å². The van der Waals surface area contributed by atoms with Gasteiger partial charge in [-0.15, -0.1) is 0 Å². The first-order valence-corrected chi connectivity index (χ1v) is 9.21.